The Morgan fingerprint density at radius 1 is 0.508 bits per heavy atom. The van der Waals surface area contributed by atoms with Crippen LogP contribution in [0.15, 0.2) is 85.2 Å². The first-order chi connectivity index (χ1) is 61.9. The van der Waals surface area contributed by atoms with E-state index in [2.05, 4.69) is 68.5 Å². The molecule has 3 aromatic carbocycles. The standard InChI is InChI=1S/C89H130N22O18S/c1-11-13-24-69-82(122)100-61(36-49(3)4)79(119)106-68(77(117)97-46-74(93)114)47-130-48-75(115)98-64(38-52-27-29-55(112)30-28-52)85(125)107(8)51(7)76(116)102-66(41-73(92)113)88(128)110-34-19-26-70(110)83(123)105-67(42-91)81(121)103-63(37-50(5)6)87(127)111-35-33-94-45-72(111)84(124)101-62(39-53-43-95-58-22-17-15-20-56(53)58)80(120)99-60(31-32-90)78(118)104-65(40-54-44-96-59-23-18-16-21-57(54)59)86(126)109(10)71(25-14-12-2)89(129)108(69)9/h15-18,20-23,27-30,43-44,49-51,60-72,94-96,112H,11-14,19,24-26,31-42,45-48,90-91H2,1-10H3,(H2,92,113)(H2,93,114)(H,97,117)(H,98,115)(H,99,120)(H,100,122)(H,101,124)(H,102,116)(H,103,121)(H,104,118)(H,105,123)(H,106,119)/t51-,60-,61-,62-,63-,64-,65-,66-,67-,68-,69-,70-,71-,72-/m0/s1. The first-order valence-corrected chi connectivity index (χ1v) is 45.6. The molecule has 0 aliphatic carbocycles. The molecule has 22 N–H and O–H groups in total. The molecule has 0 bridgehead atoms. The molecule has 3 fully saturated rings. The highest BCUT2D eigenvalue weighted by Gasteiger charge is 2.45. The predicted octanol–water partition coefficient (Wildman–Crippen LogP) is -1.96. The lowest BCUT2D eigenvalue weighted by molar-refractivity contribution is -0.149. The summed E-state index contributed by atoms with van der Waals surface area (Å²) in [6.07, 6.45) is 3.86. The van der Waals surface area contributed by atoms with E-state index in [-0.39, 0.29) is 120 Å². The van der Waals surface area contributed by atoms with Crippen LogP contribution in [0.5, 0.6) is 5.75 Å². The number of aromatic amines is 2. The molecule has 2 aromatic heterocycles. The Morgan fingerprint density at radius 2 is 1.01 bits per heavy atom. The van der Waals surface area contributed by atoms with Gasteiger partial charge in [-0.3, -0.25) is 81.5 Å². The molecule has 8 rings (SSSR count). The highest BCUT2D eigenvalue weighted by atomic mass is 32.2. The van der Waals surface area contributed by atoms with Crippen LogP contribution in [0.2, 0.25) is 0 Å². The fourth-order valence-corrected chi connectivity index (χ4v) is 17.1. The van der Waals surface area contributed by atoms with Crippen LogP contribution in [0.4, 0.5) is 0 Å². The summed E-state index contributed by atoms with van der Waals surface area (Å²) in [6.45, 7) is 10.6. The Hall–Kier alpha value is -12.2. The van der Waals surface area contributed by atoms with E-state index < -0.39 is 210 Å². The average Bonchev–Trinajstić information content (AvgIpc) is 1.43. The maximum absolute atomic E-state index is 15.8. The molecule has 5 heterocycles. The maximum Gasteiger partial charge on any atom is 0.246 e. The zero-order valence-electron chi connectivity index (χ0n) is 75.6. The number of carbonyl (C=O) groups is 17. The molecule has 3 aliphatic rings. The molecular weight excluding hydrogens is 1700 g/mol. The third-order valence-corrected chi connectivity index (χ3v) is 24.6. The van der Waals surface area contributed by atoms with E-state index in [0.717, 1.165) is 21.6 Å². The van der Waals surface area contributed by atoms with Crippen LogP contribution in [0.1, 0.15) is 142 Å². The van der Waals surface area contributed by atoms with Crippen molar-refractivity contribution in [2.24, 2.45) is 34.8 Å². The quantitative estimate of drug-likeness (QED) is 0.0319. The number of para-hydroxylation sites is 2. The van der Waals surface area contributed by atoms with Crippen molar-refractivity contribution in [3.8, 4) is 5.75 Å². The zero-order chi connectivity index (χ0) is 95.3. The first kappa shape index (κ1) is 103. The van der Waals surface area contributed by atoms with Crippen LogP contribution in [-0.4, -0.2) is 303 Å². The van der Waals surface area contributed by atoms with Crippen LogP contribution in [0.25, 0.3) is 21.8 Å². The summed E-state index contributed by atoms with van der Waals surface area (Å²) in [4.78, 5) is 261. The summed E-state index contributed by atoms with van der Waals surface area (Å²) >= 11 is 0.807. The number of aromatic nitrogens is 2. The number of H-pyrrole nitrogens is 2. The van der Waals surface area contributed by atoms with E-state index in [9.17, 15) is 53.1 Å². The van der Waals surface area contributed by atoms with Gasteiger partial charge in [-0.2, -0.15) is 0 Å². The number of thioether (sulfide) groups is 1. The minimum atomic E-state index is -1.74. The number of phenols is 1. The molecule has 3 saturated heterocycles. The van der Waals surface area contributed by atoms with Crippen molar-refractivity contribution in [3.63, 3.8) is 0 Å². The molecule has 17 amide bonds. The van der Waals surface area contributed by atoms with Crippen molar-refractivity contribution >= 4 is 134 Å². The van der Waals surface area contributed by atoms with Gasteiger partial charge in [-0.15, -0.1) is 11.8 Å². The van der Waals surface area contributed by atoms with Gasteiger partial charge in [0.1, 0.15) is 90.3 Å². The Bertz CT molecular complexity index is 4830. The molecule has 40 nitrogen and oxygen atoms in total. The number of hydrogen-bond acceptors (Lipinski definition) is 22. The molecule has 0 spiro atoms. The summed E-state index contributed by atoms with van der Waals surface area (Å²) in [5, 5.41) is 41.7. The number of nitrogens with two attached hydrogens (primary N) is 4. The minimum absolute atomic E-state index is 0.00479. The van der Waals surface area contributed by atoms with Crippen LogP contribution < -0.4 is 81.4 Å². The van der Waals surface area contributed by atoms with Gasteiger partial charge in [0.15, 0.2) is 0 Å². The molecule has 5 aromatic rings. The van der Waals surface area contributed by atoms with E-state index >= 15 is 33.6 Å². The molecule has 0 unspecified atom stereocenters. The number of carbonyl (C=O) groups excluding carboxylic acids is 17. The van der Waals surface area contributed by atoms with E-state index in [1.165, 1.54) is 67.0 Å². The van der Waals surface area contributed by atoms with Gasteiger partial charge < -0.3 is 121 Å². The van der Waals surface area contributed by atoms with Crippen molar-refractivity contribution in [1.82, 2.24) is 93.0 Å². The van der Waals surface area contributed by atoms with Crippen LogP contribution in [-0.2, 0) is 101 Å². The Kier molecular flexibility index (Phi) is 39.3. The van der Waals surface area contributed by atoms with E-state index in [0.29, 0.717) is 64.2 Å². The Labute approximate surface area is 760 Å². The third kappa shape index (κ3) is 28.6. The smallest absolute Gasteiger partial charge is 0.246 e. The van der Waals surface area contributed by atoms with Crippen molar-refractivity contribution in [1.29, 1.82) is 0 Å². The van der Waals surface area contributed by atoms with Gasteiger partial charge in [0.25, 0.3) is 0 Å². The monoisotopic (exact) mass is 1830 g/mol. The topological polar surface area (TPSA) is 595 Å². The molecule has 710 valence electrons. The zero-order valence-corrected chi connectivity index (χ0v) is 76.4. The summed E-state index contributed by atoms with van der Waals surface area (Å²) in [5.74, 6) is -16.4. The number of nitrogens with one attached hydrogen (secondary N) is 13. The molecule has 130 heavy (non-hydrogen) atoms. The van der Waals surface area contributed by atoms with Gasteiger partial charge in [0.05, 0.1) is 18.7 Å². The van der Waals surface area contributed by atoms with Crippen molar-refractivity contribution in [3.05, 3.63) is 102 Å². The predicted molar refractivity (Wildman–Crippen MR) is 486 cm³/mol. The van der Waals surface area contributed by atoms with E-state index in [1.54, 1.807) is 58.3 Å². The average molecular weight is 1830 g/mol. The second-order valence-corrected chi connectivity index (χ2v) is 35.4. The molecule has 14 atom stereocenters. The van der Waals surface area contributed by atoms with Crippen molar-refractivity contribution in [2.75, 3.05) is 78.5 Å². The minimum Gasteiger partial charge on any atom is -0.508 e. The van der Waals surface area contributed by atoms with Gasteiger partial charge in [-0.1, -0.05) is 116 Å². The number of likely N-dealkylation sites (N-methyl/N-ethyl adjacent to an activating group) is 3. The lowest BCUT2D eigenvalue weighted by Crippen LogP contribution is -2.66. The van der Waals surface area contributed by atoms with Gasteiger partial charge in [-0.05, 0) is 111 Å². The summed E-state index contributed by atoms with van der Waals surface area (Å²) in [5.41, 5.74) is 26.6. The van der Waals surface area contributed by atoms with Gasteiger partial charge in [-0.25, -0.2) is 0 Å². The Morgan fingerprint density at radius 3 is 1.61 bits per heavy atom. The Balaban J connectivity index is 1.18. The van der Waals surface area contributed by atoms with Crippen molar-refractivity contribution < 1.29 is 86.6 Å². The van der Waals surface area contributed by atoms with Gasteiger partial charge in [0, 0.05) is 113 Å². The number of phenolic OH excluding ortho intramolecular Hbond substituents is 1. The van der Waals surface area contributed by atoms with Gasteiger partial charge >= 0.3 is 0 Å². The number of benzene rings is 3. The second kappa shape index (κ2) is 49.5. The van der Waals surface area contributed by atoms with E-state index in [1.807, 2.05) is 44.2 Å². The maximum atomic E-state index is 15.8. The van der Waals surface area contributed by atoms with Crippen LogP contribution in [0.3, 0.4) is 0 Å². The second-order valence-electron chi connectivity index (χ2n) is 34.3. The van der Waals surface area contributed by atoms with Crippen LogP contribution >= 0.6 is 11.8 Å². The first-order valence-electron chi connectivity index (χ1n) is 44.4. The normalized spacial score (nSPS) is 24.9. The highest BCUT2D eigenvalue weighted by Crippen LogP contribution is 2.27. The van der Waals surface area contributed by atoms with Crippen molar-refractivity contribution in [2.45, 2.75) is 229 Å². The number of piperazine rings is 1. The number of aromatic hydroxyl groups is 1. The molecule has 41 heteroatoms. The summed E-state index contributed by atoms with van der Waals surface area (Å²) in [7, 11) is 4.05. The van der Waals surface area contributed by atoms with Crippen LogP contribution in [0, 0.1) is 11.8 Å². The number of unbranched alkanes of at least 4 members (excludes halogenated alkanes) is 2. The van der Waals surface area contributed by atoms with Gasteiger partial charge in [0.2, 0.25) is 100 Å². The third-order valence-electron chi connectivity index (χ3n) is 23.5. The molecule has 0 saturated carbocycles. The lowest BCUT2D eigenvalue weighted by Gasteiger charge is -2.38. The number of rotatable bonds is 24. The number of primary amides is 2. The number of nitrogens with zero attached hydrogens (tertiary/aromatic N) is 5. The fraction of sp³-hybridized carbons (Fsp3) is 0.562. The number of fused-ring (bicyclic) bond motifs is 4. The van der Waals surface area contributed by atoms with E-state index in [4.69, 9.17) is 22.9 Å². The highest BCUT2D eigenvalue weighted by molar-refractivity contribution is 8.00. The number of amides is 17. The molecule has 3 aliphatic heterocycles. The summed E-state index contributed by atoms with van der Waals surface area (Å²) in [6, 6.07) is -0.281. The molecule has 0 radical (unpaired) electrons. The fourth-order valence-electron chi connectivity index (χ4n) is 16.2. The summed E-state index contributed by atoms with van der Waals surface area (Å²) < 4.78 is 0. The molecular formula is C89H130N22O18S. The largest absolute Gasteiger partial charge is 0.508 e. The number of hydrogen-bond donors (Lipinski definition) is 18. The SMILES string of the molecule is CCCC[C@H]1C(=O)N(C)[C@@H](CCCC)C(=O)N[C@@H](CC(C)C)C(=O)N[C@H](C(=O)NCC(N)=O)CSCC(=O)N[C@@H](Cc2ccc(O)cc2)C(=O)N(C)[C@@H](C)C(=O)N[C@@H](CC(N)=O)C(=O)N2CCC[C@H]2C(=O)N[C@@H](CN)C(=O)N[C@@H](CC(C)C)C(=O)N2CCNC[C@H]2C(=O)N[C@@H](Cc2c[nH]c3ccccc23)C(=O)N[C@@H](CCN)C(=O)N[C@@H](Cc2c[nH]c3ccccc23)C(=O)N1C. The lowest BCUT2D eigenvalue weighted by atomic mass is 9.99.